The van der Waals surface area contributed by atoms with Gasteiger partial charge in [0.25, 0.3) is 23.6 Å². The van der Waals surface area contributed by atoms with Gasteiger partial charge in [-0.25, -0.2) is 4.98 Å². The SMILES string of the molecule is Cn1cc(NC(=O)c2cc(NC(=O)c3ccc(/C=C/c4cc5ccccc5nc4On4nnc5ccccc54)cc3)cn2C)cc1C(=O)NCCN1CCOCC1. The van der Waals surface area contributed by atoms with Crippen molar-refractivity contribution in [3.63, 3.8) is 0 Å². The van der Waals surface area contributed by atoms with Crippen molar-refractivity contribution in [3.8, 4) is 5.88 Å². The van der Waals surface area contributed by atoms with Crippen molar-refractivity contribution in [3.05, 3.63) is 131 Å². The van der Waals surface area contributed by atoms with Crippen LogP contribution in [0.2, 0.25) is 0 Å². The van der Waals surface area contributed by atoms with Crippen molar-refractivity contribution in [1.29, 1.82) is 0 Å². The number of aromatic nitrogens is 6. The highest BCUT2D eigenvalue weighted by atomic mass is 16.7. The zero-order chi connectivity index (χ0) is 39.3. The van der Waals surface area contributed by atoms with Crippen LogP contribution in [0.15, 0.2) is 103 Å². The Morgan fingerprint density at radius 3 is 2.19 bits per heavy atom. The minimum atomic E-state index is -0.385. The van der Waals surface area contributed by atoms with E-state index in [0.717, 1.165) is 41.7 Å². The number of benzene rings is 3. The molecule has 15 heteroatoms. The molecule has 3 aromatic carbocycles. The summed E-state index contributed by atoms with van der Waals surface area (Å²) in [6, 6.07) is 27.7. The summed E-state index contributed by atoms with van der Waals surface area (Å²) in [5.41, 5.74) is 5.91. The van der Waals surface area contributed by atoms with Gasteiger partial charge in [0.15, 0.2) is 0 Å². The molecule has 1 saturated heterocycles. The normalized spacial score (nSPS) is 13.3. The second-order valence-electron chi connectivity index (χ2n) is 13.6. The first-order valence-electron chi connectivity index (χ1n) is 18.5. The van der Waals surface area contributed by atoms with Crippen molar-refractivity contribution in [1.82, 2.24) is 39.5 Å². The van der Waals surface area contributed by atoms with Crippen LogP contribution < -0.4 is 20.8 Å². The van der Waals surface area contributed by atoms with E-state index in [-0.39, 0.29) is 17.7 Å². The fourth-order valence-electron chi connectivity index (χ4n) is 6.59. The average molecular weight is 765 g/mol. The lowest BCUT2D eigenvalue weighted by Gasteiger charge is -2.26. The van der Waals surface area contributed by atoms with E-state index in [2.05, 4.69) is 31.2 Å². The number of anilines is 2. The standard InChI is InChI=1S/C42H40N10O5/c1-49-27-33(24-37(49)40(54)43-17-18-51-19-21-56-22-20-51)45-41(55)38-25-32(26-50(38)2)44-39(53)29-14-11-28(12-15-29)13-16-31-23-30-7-3-4-8-34(30)46-42(31)57-52-36-10-6-5-9-35(36)47-48-52/h3-16,23-27H,17-22H2,1-2H3,(H,43,54)(H,44,53)(H,45,55)/b16-13+. The molecule has 7 aromatic rings. The number of hydrogen-bond donors (Lipinski definition) is 3. The van der Waals surface area contributed by atoms with Crippen molar-refractivity contribution in [2.75, 3.05) is 50.0 Å². The number of morpholine rings is 1. The summed E-state index contributed by atoms with van der Waals surface area (Å²) < 4.78 is 8.68. The maximum atomic E-state index is 13.3. The molecule has 0 unspecified atom stereocenters. The summed E-state index contributed by atoms with van der Waals surface area (Å²) in [4.78, 5) is 53.9. The van der Waals surface area contributed by atoms with Gasteiger partial charge in [0, 0.05) is 69.2 Å². The van der Waals surface area contributed by atoms with E-state index in [1.54, 1.807) is 59.9 Å². The Morgan fingerprint density at radius 2 is 1.44 bits per heavy atom. The number of amides is 3. The van der Waals surface area contributed by atoms with Crippen LogP contribution >= 0.6 is 0 Å². The molecule has 3 amide bonds. The highest BCUT2D eigenvalue weighted by molar-refractivity contribution is 6.07. The van der Waals surface area contributed by atoms with Gasteiger partial charge in [-0.1, -0.05) is 53.4 Å². The number of nitrogens with zero attached hydrogens (tertiary/aromatic N) is 7. The molecule has 0 spiro atoms. The van der Waals surface area contributed by atoms with E-state index in [1.807, 2.05) is 78.9 Å². The molecule has 1 aliphatic rings. The largest absolute Gasteiger partial charge is 0.379 e. The quantitative estimate of drug-likeness (QED) is 0.151. The zero-order valence-electron chi connectivity index (χ0n) is 31.4. The third-order valence-corrected chi connectivity index (χ3v) is 9.65. The summed E-state index contributed by atoms with van der Waals surface area (Å²) in [5.74, 6) is -0.578. The Morgan fingerprint density at radius 1 is 0.772 bits per heavy atom. The van der Waals surface area contributed by atoms with E-state index < -0.39 is 0 Å². The summed E-state index contributed by atoms with van der Waals surface area (Å²) in [5, 5.41) is 18.0. The van der Waals surface area contributed by atoms with Crippen LogP contribution in [0, 0.1) is 0 Å². The highest BCUT2D eigenvalue weighted by Gasteiger charge is 2.18. The molecular formula is C42H40N10O5. The highest BCUT2D eigenvalue weighted by Crippen LogP contribution is 2.26. The number of ether oxygens (including phenoxy) is 1. The number of aryl methyl sites for hydroxylation is 2. The maximum Gasteiger partial charge on any atom is 0.272 e. The molecule has 15 nitrogen and oxygen atoms in total. The summed E-state index contributed by atoms with van der Waals surface area (Å²) in [7, 11) is 3.47. The Bertz CT molecular complexity index is 2620. The van der Waals surface area contributed by atoms with E-state index in [9.17, 15) is 14.4 Å². The number of carbonyl (C=O) groups is 3. The number of carbonyl (C=O) groups excluding carboxylic acids is 3. The van der Waals surface area contributed by atoms with Crippen LogP contribution in [0.25, 0.3) is 34.1 Å². The molecule has 3 N–H and O–H groups in total. The van der Waals surface area contributed by atoms with Gasteiger partial charge in [0.05, 0.1) is 30.1 Å². The van der Waals surface area contributed by atoms with Gasteiger partial charge in [-0.05, 0) is 65.4 Å². The number of nitrogens with one attached hydrogen (secondary N) is 3. The number of pyridine rings is 1. The van der Waals surface area contributed by atoms with E-state index >= 15 is 0 Å². The van der Waals surface area contributed by atoms with Crippen molar-refractivity contribution in [2.45, 2.75) is 0 Å². The smallest absolute Gasteiger partial charge is 0.272 e. The lowest BCUT2D eigenvalue weighted by Crippen LogP contribution is -2.41. The first-order chi connectivity index (χ1) is 27.8. The summed E-state index contributed by atoms with van der Waals surface area (Å²) in [6.45, 7) is 4.35. The monoisotopic (exact) mass is 764 g/mol. The molecule has 0 atom stereocenters. The van der Waals surface area contributed by atoms with Crippen LogP contribution in [0.5, 0.6) is 5.88 Å². The summed E-state index contributed by atoms with van der Waals surface area (Å²) in [6.07, 6.45) is 7.17. The Kier molecular flexibility index (Phi) is 10.6. The Balaban J connectivity index is 0.893. The third-order valence-electron chi connectivity index (χ3n) is 9.65. The lowest BCUT2D eigenvalue weighted by molar-refractivity contribution is 0.0383. The van der Waals surface area contributed by atoms with Gasteiger partial charge in [0.2, 0.25) is 0 Å². The molecule has 57 heavy (non-hydrogen) atoms. The molecular weight excluding hydrogens is 725 g/mol. The van der Waals surface area contributed by atoms with E-state index in [1.165, 1.54) is 4.85 Å². The Hall–Kier alpha value is -7.10. The number of hydrogen-bond acceptors (Lipinski definition) is 9. The third kappa shape index (κ3) is 8.44. The van der Waals surface area contributed by atoms with Gasteiger partial charge < -0.3 is 34.7 Å². The molecule has 5 heterocycles. The maximum absolute atomic E-state index is 13.3. The van der Waals surface area contributed by atoms with Gasteiger partial charge in [-0.15, -0.1) is 5.10 Å². The number of rotatable bonds is 12. The molecule has 0 aliphatic carbocycles. The van der Waals surface area contributed by atoms with Crippen LogP contribution in [-0.4, -0.2) is 91.3 Å². The minimum Gasteiger partial charge on any atom is -0.379 e. The van der Waals surface area contributed by atoms with Crippen molar-refractivity contribution in [2.24, 2.45) is 14.1 Å². The van der Waals surface area contributed by atoms with Gasteiger partial charge in [0.1, 0.15) is 22.4 Å². The molecule has 0 saturated carbocycles. The second kappa shape index (κ2) is 16.3. The summed E-state index contributed by atoms with van der Waals surface area (Å²) >= 11 is 0. The Labute approximate surface area is 327 Å². The molecule has 1 aliphatic heterocycles. The zero-order valence-corrected chi connectivity index (χ0v) is 31.4. The van der Waals surface area contributed by atoms with Crippen molar-refractivity contribution >= 4 is 63.2 Å². The fourth-order valence-corrected chi connectivity index (χ4v) is 6.59. The average Bonchev–Trinajstić information content (AvgIpc) is 3.93. The van der Waals surface area contributed by atoms with Crippen molar-refractivity contribution < 1.29 is 24.0 Å². The predicted octanol–water partition coefficient (Wildman–Crippen LogP) is 5.24. The first kappa shape index (κ1) is 36.9. The molecule has 1 fully saturated rings. The molecule has 8 rings (SSSR count). The predicted molar refractivity (Wildman–Crippen MR) is 217 cm³/mol. The van der Waals surface area contributed by atoms with Crippen LogP contribution in [-0.2, 0) is 18.8 Å². The lowest BCUT2D eigenvalue weighted by atomic mass is 10.1. The second-order valence-corrected chi connectivity index (χ2v) is 13.6. The molecule has 4 aromatic heterocycles. The van der Waals surface area contributed by atoms with Crippen LogP contribution in [0.3, 0.4) is 0 Å². The number of fused-ring (bicyclic) bond motifs is 2. The molecule has 288 valence electrons. The van der Waals surface area contributed by atoms with Gasteiger partial charge >= 0.3 is 0 Å². The molecule has 0 bridgehead atoms. The minimum absolute atomic E-state index is 0.224. The fraction of sp³-hybridized carbons (Fsp3) is 0.190. The van der Waals surface area contributed by atoms with Gasteiger partial charge in [-0.2, -0.15) is 0 Å². The van der Waals surface area contributed by atoms with E-state index in [0.29, 0.717) is 65.0 Å². The first-order valence-corrected chi connectivity index (χ1v) is 18.5. The van der Waals surface area contributed by atoms with Crippen LogP contribution in [0.4, 0.5) is 11.4 Å². The van der Waals surface area contributed by atoms with Crippen LogP contribution in [0.1, 0.15) is 42.5 Å². The number of para-hydroxylation sites is 2. The van der Waals surface area contributed by atoms with E-state index in [4.69, 9.17) is 14.6 Å². The van der Waals surface area contributed by atoms with Gasteiger partial charge in [-0.3, -0.25) is 19.3 Å². The molecule has 0 radical (unpaired) electrons. The topological polar surface area (TPSA) is 162 Å².